The number of rotatable bonds is 7. The Kier molecular flexibility index (Phi) is 6.21. The van der Waals surface area contributed by atoms with Crippen LogP contribution < -0.4 is 14.4 Å². The van der Waals surface area contributed by atoms with Gasteiger partial charge in [0, 0.05) is 30.8 Å². The summed E-state index contributed by atoms with van der Waals surface area (Å²) in [5.41, 5.74) is 1.48. The maximum absolute atomic E-state index is 12.3. The quantitative estimate of drug-likeness (QED) is 0.847. The smallest absolute Gasteiger partial charge is 0.226 e. The normalized spacial score (nSPS) is 11.7. The van der Waals surface area contributed by atoms with Crippen molar-refractivity contribution in [2.75, 3.05) is 26.2 Å². The van der Waals surface area contributed by atoms with E-state index in [9.17, 15) is 9.90 Å². The van der Waals surface area contributed by atoms with Crippen molar-refractivity contribution in [3.63, 3.8) is 0 Å². The molecule has 0 radical (unpaired) electrons. The fourth-order valence-corrected chi connectivity index (χ4v) is 2.47. The SMILES string of the molecule is COc1ccc(C(O)CCC(=O)N(C)c2ccccc2)c(OC)c1. The van der Waals surface area contributed by atoms with E-state index in [0.29, 0.717) is 23.5 Å². The predicted molar refractivity (Wildman–Crippen MR) is 93.6 cm³/mol. The summed E-state index contributed by atoms with van der Waals surface area (Å²) in [5, 5.41) is 10.4. The van der Waals surface area contributed by atoms with Crippen LogP contribution in [0.2, 0.25) is 0 Å². The Bertz CT molecular complexity index is 672. The molecule has 0 spiro atoms. The van der Waals surface area contributed by atoms with Gasteiger partial charge < -0.3 is 19.5 Å². The maximum Gasteiger partial charge on any atom is 0.226 e. The number of carbonyl (C=O) groups is 1. The van der Waals surface area contributed by atoms with Crippen LogP contribution in [0.25, 0.3) is 0 Å². The number of carbonyl (C=O) groups excluding carboxylic acids is 1. The number of aliphatic hydroxyl groups is 1. The second-order valence-electron chi connectivity index (χ2n) is 5.45. The van der Waals surface area contributed by atoms with Crippen LogP contribution in [-0.2, 0) is 4.79 Å². The van der Waals surface area contributed by atoms with E-state index in [1.54, 1.807) is 44.4 Å². The molecule has 0 aliphatic carbocycles. The number of hydrogen-bond acceptors (Lipinski definition) is 4. The molecular formula is C19H23NO4. The van der Waals surface area contributed by atoms with Gasteiger partial charge in [-0.2, -0.15) is 0 Å². The average Bonchev–Trinajstić information content (AvgIpc) is 2.65. The van der Waals surface area contributed by atoms with Gasteiger partial charge in [0.25, 0.3) is 0 Å². The molecule has 0 aliphatic heterocycles. The second kappa shape index (κ2) is 8.36. The van der Waals surface area contributed by atoms with E-state index < -0.39 is 6.10 Å². The topological polar surface area (TPSA) is 59.0 Å². The van der Waals surface area contributed by atoms with Gasteiger partial charge >= 0.3 is 0 Å². The van der Waals surface area contributed by atoms with E-state index in [0.717, 1.165) is 5.69 Å². The van der Waals surface area contributed by atoms with Crippen LogP contribution in [0.4, 0.5) is 5.69 Å². The van der Waals surface area contributed by atoms with Gasteiger partial charge in [-0.1, -0.05) is 18.2 Å². The molecule has 1 atom stereocenters. The number of ether oxygens (including phenoxy) is 2. The Morgan fingerprint density at radius 3 is 2.46 bits per heavy atom. The Morgan fingerprint density at radius 2 is 1.83 bits per heavy atom. The molecule has 2 aromatic carbocycles. The van der Waals surface area contributed by atoms with Crippen LogP contribution in [0.5, 0.6) is 11.5 Å². The van der Waals surface area contributed by atoms with Crippen LogP contribution in [0.1, 0.15) is 24.5 Å². The molecule has 2 rings (SSSR count). The van der Waals surface area contributed by atoms with Crippen molar-refractivity contribution in [1.29, 1.82) is 0 Å². The van der Waals surface area contributed by atoms with E-state index in [2.05, 4.69) is 0 Å². The molecule has 5 heteroatoms. The summed E-state index contributed by atoms with van der Waals surface area (Å²) in [4.78, 5) is 13.9. The summed E-state index contributed by atoms with van der Waals surface area (Å²) in [7, 11) is 4.85. The van der Waals surface area contributed by atoms with E-state index in [4.69, 9.17) is 9.47 Å². The first kappa shape index (κ1) is 17.8. The molecule has 1 amide bonds. The summed E-state index contributed by atoms with van der Waals surface area (Å²) >= 11 is 0. The molecule has 0 saturated carbocycles. The zero-order valence-corrected chi connectivity index (χ0v) is 14.2. The van der Waals surface area contributed by atoms with E-state index in [1.807, 2.05) is 30.3 Å². The molecule has 0 heterocycles. The fraction of sp³-hybridized carbons (Fsp3) is 0.316. The second-order valence-corrected chi connectivity index (χ2v) is 5.45. The number of aliphatic hydroxyl groups excluding tert-OH is 1. The number of nitrogens with zero attached hydrogens (tertiary/aromatic N) is 1. The average molecular weight is 329 g/mol. The molecule has 5 nitrogen and oxygen atoms in total. The molecule has 0 saturated heterocycles. The summed E-state index contributed by atoms with van der Waals surface area (Å²) in [6, 6.07) is 14.7. The lowest BCUT2D eigenvalue weighted by Crippen LogP contribution is -2.26. The monoisotopic (exact) mass is 329 g/mol. The zero-order valence-electron chi connectivity index (χ0n) is 14.2. The lowest BCUT2D eigenvalue weighted by molar-refractivity contribution is -0.118. The molecule has 0 aliphatic rings. The Labute approximate surface area is 142 Å². The molecule has 1 unspecified atom stereocenters. The van der Waals surface area contributed by atoms with E-state index >= 15 is 0 Å². The Morgan fingerprint density at radius 1 is 1.12 bits per heavy atom. The molecule has 2 aromatic rings. The van der Waals surface area contributed by atoms with Gasteiger partial charge in [0.1, 0.15) is 11.5 Å². The standard InChI is InChI=1S/C19H23NO4/c1-20(14-7-5-4-6-8-14)19(22)12-11-17(21)16-10-9-15(23-2)13-18(16)24-3/h4-10,13,17,21H,11-12H2,1-3H3. The van der Waals surface area contributed by atoms with Crippen LogP contribution in [-0.4, -0.2) is 32.3 Å². The van der Waals surface area contributed by atoms with Gasteiger partial charge in [0.2, 0.25) is 5.91 Å². The van der Waals surface area contributed by atoms with Crippen molar-refractivity contribution in [1.82, 2.24) is 0 Å². The van der Waals surface area contributed by atoms with Crippen LogP contribution >= 0.6 is 0 Å². The highest BCUT2D eigenvalue weighted by Crippen LogP contribution is 2.31. The Hall–Kier alpha value is -2.53. The number of amides is 1. The minimum Gasteiger partial charge on any atom is -0.497 e. The molecule has 0 aromatic heterocycles. The number of benzene rings is 2. The predicted octanol–water partition coefficient (Wildman–Crippen LogP) is 3.18. The lowest BCUT2D eigenvalue weighted by Gasteiger charge is -2.19. The highest BCUT2D eigenvalue weighted by atomic mass is 16.5. The van der Waals surface area contributed by atoms with E-state index in [1.165, 1.54) is 0 Å². The third-order valence-corrected chi connectivity index (χ3v) is 3.95. The van der Waals surface area contributed by atoms with Crippen molar-refractivity contribution in [3.05, 3.63) is 54.1 Å². The van der Waals surface area contributed by atoms with Crippen molar-refractivity contribution in [2.24, 2.45) is 0 Å². The summed E-state index contributed by atoms with van der Waals surface area (Å²) in [5.74, 6) is 1.15. The molecule has 24 heavy (non-hydrogen) atoms. The van der Waals surface area contributed by atoms with Gasteiger partial charge in [-0.3, -0.25) is 4.79 Å². The van der Waals surface area contributed by atoms with Crippen molar-refractivity contribution < 1.29 is 19.4 Å². The molecule has 0 bridgehead atoms. The van der Waals surface area contributed by atoms with Crippen molar-refractivity contribution in [2.45, 2.75) is 18.9 Å². The minimum atomic E-state index is -0.779. The van der Waals surface area contributed by atoms with E-state index in [-0.39, 0.29) is 12.3 Å². The van der Waals surface area contributed by atoms with Crippen LogP contribution in [0.15, 0.2) is 48.5 Å². The molecule has 128 valence electrons. The summed E-state index contributed by atoms with van der Waals surface area (Å²) < 4.78 is 10.4. The largest absolute Gasteiger partial charge is 0.497 e. The fourth-order valence-electron chi connectivity index (χ4n) is 2.47. The third-order valence-electron chi connectivity index (χ3n) is 3.95. The van der Waals surface area contributed by atoms with Gasteiger partial charge in [-0.25, -0.2) is 0 Å². The van der Waals surface area contributed by atoms with Crippen LogP contribution in [0, 0.1) is 0 Å². The number of hydrogen-bond donors (Lipinski definition) is 1. The van der Waals surface area contributed by atoms with Crippen LogP contribution in [0.3, 0.4) is 0 Å². The van der Waals surface area contributed by atoms with Crippen molar-refractivity contribution in [3.8, 4) is 11.5 Å². The molecule has 0 fully saturated rings. The maximum atomic E-state index is 12.3. The number of anilines is 1. The first-order chi connectivity index (χ1) is 11.6. The zero-order chi connectivity index (χ0) is 17.5. The van der Waals surface area contributed by atoms with Gasteiger partial charge in [-0.15, -0.1) is 0 Å². The van der Waals surface area contributed by atoms with Gasteiger partial charge in [0.15, 0.2) is 0 Å². The number of para-hydroxylation sites is 1. The molecular weight excluding hydrogens is 306 g/mol. The highest BCUT2D eigenvalue weighted by Gasteiger charge is 2.17. The third kappa shape index (κ3) is 4.26. The molecule has 1 N–H and O–H groups in total. The van der Waals surface area contributed by atoms with Crippen molar-refractivity contribution >= 4 is 11.6 Å². The first-order valence-corrected chi connectivity index (χ1v) is 7.78. The van der Waals surface area contributed by atoms with Gasteiger partial charge in [0.05, 0.1) is 20.3 Å². The number of methoxy groups -OCH3 is 2. The lowest BCUT2D eigenvalue weighted by atomic mass is 10.0. The highest BCUT2D eigenvalue weighted by molar-refractivity contribution is 5.92. The summed E-state index contributed by atoms with van der Waals surface area (Å²) in [6.07, 6.45) is -0.223. The Balaban J connectivity index is 2.00. The first-order valence-electron chi connectivity index (χ1n) is 7.78. The van der Waals surface area contributed by atoms with Gasteiger partial charge in [-0.05, 0) is 30.7 Å². The minimum absolute atomic E-state index is 0.0484. The summed E-state index contributed by atoms with van der Waals surface area (Å²) in [6.45, 7) is 0.